The molecule has 2 aromatic rings. The number of fused-ring (bicyclic) bond motifs is 1. The molecule has 0 saturated carbocycles. The van der Waals surface area contributed by atoms with Crippen LogP contribution in [0.5, 0.6) is 5.75 Å². The molecular weight excluding hydrogens is 284 g/mol. The fraction of sp³-hybridized carbons (Fsp3) is 0.0833. The van der Waals surface area contributed by atoms with E-state index >= 15 is 0 Å². The molecule has 0 fully saturated rings. The van der Waals surface area contributed by atoms with Crippen LogP contribution in [0.3, 0.4) is 0 Å². The van der Waals surface area contributed by atoms with E-state index < -0.39 is 0 Å². The van der Waals surface area contributed by atoms with Crippen LogP contribution in [0.15, 0.2) is 30.5 Å². The average Bonchev–Trinajstić information content (AvgIpc) is 2.37. The van der Waals surface area contributed by atoms with Gasteiger partial charge in [-0.2, -0.15) is 0 Å². The summed E-state index contributed by atoms with van der Waals surface area (Å²) in [6, 6.07) is 5.03. The summed E-state index contributed by atoms with van der Waals surface area (Å²) in [6.07, 6.45) is 2.99. The van der Waals surface area contributed by atoms with E-state index in [1.807, 2.05) is 0 Å². The molecule has 4 N–H and O–H groups in total. The van der Waals surface area contributed by atoms with E-state index in [4.69, 9.17) is 29.6 Å². The summed E-state index contributed by atoms with van der Waals surface area (Å²) >= 11 is 10.9. The molecule has 5 nitrogen and oxygen atoms in total. The van der Waals surface area contributed by atoms with Gasteiger partial charge in [0.1, 0.15) is 17.1 Å². The second-order valence-corrected chi connectivity index (χ2v) is 4.56. The molecule has 7 heteroatoms. The van der Waals surface area contributed by atoms with Gasteiger partial charge in [0.15, 0.2) is 0 Å². The van der Waals surface area contributed by atoms with Crippen LogP contribution in [0.2, 0.25) is 5.28 Å². The molecule has 0 aliphatic rings. The molecule has 1 heterocycles. The topological polar surface area (TPSA) is 84.1 Å². The van der Waals surface area contributed by atoms with Crippen molar-refractivity contribution < 1.29 is 5.11 Å². The number of phenolic OH excluding ortho intramolecular Hbond substituents is 1. The Morgan fingerprint density at radius 2 is 2.26 bits per heavy atom. The third-order valence-corrected chi connectivity index (χ3v) is 2.84. The van der Waals surface area contributed by atoms with Gasteiger partial charge in [-0.05, 0) is 36.0 Å². The minimum Gasteiger partial charge on any atom is -0.506 e. The third kappa shape index (κ3) is 3.10. The number of hydrogen-bond acceptors (Lipinski definition) is 6. The molecule has 0 spiro atoms. The van der Waals surface area contributed by atoms with Crippen LogP contribution in [0.1, 0.15) is 0 Å². The van der Waals surface area contributed by atoms with Gasteiger partial charge in [-0.3, -0.25) is 0 Å². The van der Waals surface area contributed by atoms with Crippen molar-refractivity contribution in [1.82, 2.24) is 9.97 Å². The standard InChI is InChI=1S/C12H11ClN4OS/c13-12-16-10-8(2-1-3-9(10)18)11(17-12)15-6-7(19)4-5-14/h1-5,18H,6,14H2,(H,15,16,17). The lowest BCUT2D eigenvalue weighted by atomic mass is 10.2. The summed E-state index contributed by atoms with van der Waals surface area (Å²) in [7, 11) is 0. The highest BCUT2D eigenvalue weighted by molar-refractivity contribution is 7.80. The van der Waals surface area contributed by atoms with Crippen LogP contribution in [0.25, 0.3) is 10.9 Å². The fourth-order valence-corrected chi connectivity index (χ4v) is 1.90. The molecule has 0 radical (unpaired) electrons. The first kappa shape index (κ1) is 13.5. The maximum atomic E-state index is 9.75. The van der Waals surface area contributed by atoms with Crippen LogP contribution in [-0.2, 0) is 0 Å². The van der Waals surface area contributed by atoms with E-state index in [0.29, 0.717) is 28.1 Å². The molecule has 1 aromatic heterocycles. The predicted octanol–water partition coefficient (Wildman–Crippen LogP) is 2.24. The Labute approximate surface area is 120 Å². The fourth-order valence-electron chi connectivity index (χ4n) is 1.58. The van der Waals surface area contributed by atoms with Crippen LogP contribution in [0, 0.1) is 0 Å². The lowest BCUT2D eigenvalue weighted by Crippen LogP contribution is -2.11. The van der Waals surface area contributed by atoms with E-state index in [1.54, 1.807) is 18.2 Å². The Kier molecular flexibility index (Phi) is 4.13. The molecule has 19 heavy (non-hydrogen) atoms. The second kappa shape index (κ2) is 5.81. The largest absolute Gasteiger partial charge is 0.506 e. The average molecular weight is 295 g/mol. The number of thiocarbonyl (C=S) groups is 1. The summed E-state index contributed by atoms with van der Waals surface area (Å²) in [5.41, 5.74) is 5.65. The minimum absolute atomic E-state index is 0.0503. The number of aromatic nitrogens is 2. The monoisotopic (exact) mass is 294 g/mol. The van der Waals surface area contributed by atoms with Crippen molar-refractivity contribution in [1.29, 1.82) is 0 Å². The van der Waals surface area contributed by atoms with Crippen molar-refractivity contribution in [2.24, 2.45) is 5.73 Å². The van der Waals surface area contributed by atoms with Gasteiger partial charge in [0.25, 0.3) is 0 Å². The summed E-state index contributed by atoms with van der Waals surface area (Å²) in [4.78, 5) is 8.72. The van der Waals surface area contributed by atoms with Crippen molar-refractivity contribution >= 4 is 45.4 Å². The van der Waals surface area contributed by atoms with Crippen LogP contribution in [-0.4, -0.2) is 26.5 Å². The predicted molar refractivity (Wildman–Crippen MR) is 80.6 cm³/mol. The van der Waals surface area contributed by atoms with E-state index in [1.165, 1.54) is 12.3 Å². The zero-order valence-corrected chi connectivity index (χ0v) is 11.4. The van der Waals surface area contributed by atoms with Crippen LogP contribution in [0.4, 0.5) is 5.82 Å². The SMILES string of the molecule is NC=CC(=S)CNc1nc(Cl)nc2c(O)cccc12. The zero-order chi connectivity index (χ0) is 13.8. The maximum Gasteiger partial charge on any atom is 0.225 e. The van der Waals surface area contributed by atoms with Gasteiger partial charge in [0, 0.05) is 10.3 Å². The maximum absolute atomic E-state index is 9.75. The molecule has 0 unspecified atom stereocenters. The zero-order valence-electron chi connectivity index (χ0n) is 9.80. The molecule has 98 valence electrons. The molecule has 0 atom stereocenters. The van der Waals surface area contributed by atoms with Gasteiger partial charge in [-0.15, -0.1) is 0 Å². The summed E-state index contributed by atoms with van der Waals surface area (Å²) in [5.74, 6) is 0.563. The van der Waals surface area contributed by atoms with Crippen molar-refractivity contribution in [3.63, 3.8) is 0 Å². The lowest BCUT2D eigenvalue weighted by molar-refractivity contribution is 0.480. The number of anilines is 1. The number of nitrogens with zero attached hydrogens (tertiary/aromatic N) is 2. The van der Waals surface area contributed by atoms with E-state index in [2.05, 4.69) is 15.3 Å². The Morgan fingerprint density at radius 1 is 1.47 bits per heavy atom. The van der Waals surface area contributed by atoms with Gasteiger partial charge in [-0.1, -0.05) is 18.3 Å². The summed E-state index contributed by atoms with van der Waals surface area (Å²) in [6.45, 7) is 0.390. The number of hydrogen-bond donors (Lipinski definition) is 3. The highest BCUT2D eigenvalue weighted by Gasteiger charge is 2.09. The summed E-state index contributed by atoms with van der Waals surface area (Å²) in [5, 5.41) is 13.5. The number of para-hydroxylation sites is 1. The molecule has 1 aromatic carbocycles. The van der Waals surface area contributed by atoms with Crippen LogP contribution >= 0.6 is 23.8 Å². The first-order chi connectivity index (χ1) is 9.11. The van der Waals surface area contributed by atoms with Crippen molar-refractivity contribution in [3.8, 4) is 5.75 Å². The summed E-state index contributed by atoms with van der Waals surface area (Å²) < 4.78 is 0. The van der Waals surface area contributed by atoms with E-state index in [-0.39, 0.29) is 11.0 Å². The number of halogens is 1. The van der Waals surface area contributed by atoms with Crippen molar-refractivity contribution in [3.05, 3.63) is 35.8 Å². The molecular formula is C12H11ClN4OS. The normalized spacial score (nSPS) is 11.0. The van der Waals surface area contributed by atoms with Gasteiger partial charge in [0.05, 0.1) is 6.54 Å². The van der Waals surface area contributed by atoms with Gasteiger partial charge in [-0.25, -0.2) is 9.97 Å². The van der Waals surface area contributed by atoms with E-state index in [9.17, 15) is 5.11 Å². The molecule has 0 bridgehead atoms. The number of nitrogens with one attached hydrogen (secondary N) is 1. The highest BCUT2D eigenvalue weighted by Crippen LogP contribution is 2.28. The minimum atomic E-state index is 0.0503. The smallest absolute Gasteiger partial charge is 0.225 e. The first-order valence-corrected chi connectivity index (χ1v) is 6.20. The molecule has 2 rings (SSSR count). The third-order valence-electron chi connectivity index (χ3n) is 2.39. The first-order valence-electron chi connectivity index (χ1n) is 5.42. The second-order valence-electron chi connectivity index (χ2n) is 3.69. The Balaban J connectivity index is 2.37. The van der Waals surface area contributed by atoms with Crippen molar-refractivity contribution in [2.75, 3.05) is 11.9 Å². The molecule has 0 saturated heterocycles. The van der Waals surface area contributed by atoms with Gasteiger partial charge in [0.2, 0.25) is 5.28 Å². The number of nitrogens with two attached hydrogens (primary N) is 1. The Morgan fingerprint density at radius 3 is 3.00 bits per heavy atom. The van der Waals surface area contributed by atoms with E-state index in [0.717, 1.165) is 0 Å². The Hall–Kier alpha value is -1.92. The number of phenols is 1. The Bertz CT molecular complexity index is 659. The van der Waals surface area contributed by atoms with Gasteiger partial charge < -0.3 is 16.2 Å². The number of aromatic hydroxyl groups is 1. The quantitative estimate of drug-likeness (QED) is 0.456. The van der Waals surface area contributed by atoms with Crippen molar-refractivity contribution in [2.45, 2.75) is 0 Å². The van der Waals surface area contributed by atoms with Crippen LogP contribution < -0.4 is 11.1 Å². The number of rotatable bonds is 4. The molecule has 0 amide bonds. The lowest BCUT2D eigenvalue weighted by Gasteiger charge is -2.09. The van der Waals surface area contributed by atoms with Gasteiger partial charge >= 0.3 is 0 Å². The number of benzene rings is 1. The highest BCUT2D eigenvalue weighted by atomic mass is 35.5. The molecule has 0 aliphatic heterocycles. The molecule has 0 aliphatic carbocycles.